The molecule has 0 atom stereocenters. The number of aromatic nitrogens is 3. The van der Waals surface area contributed by atoms with Gasteiger partial charge in [-0.05, 0) is 67.6 Å². The molecule has 4 rings (SSSR count). The summed E-state index contributed by atoms with van der Waals surface area (Å²) in [5.41, 5.74) is 1.89. The van der Waals surface area contributed by atoms with E-state index in [-0.39, 0.29) is 0 Å². The van der Waals surface area contributed by atoms with E-state index in [0.29, 0.717) is 28.4 Å². The van der Waals surface area contributed by atoms with Crippen molar-refractivity contribution in [3.63, 3.8) is 0 Å². The molecule has 0 aliphatic heterocycles. The van der Waals surface area contributed by atoms with Crippen molar-refractivity contribution in [3.05, 3.63) is 70.7 Å². The fourth-order valence-corrected chi connectivity index (χ4v) is 5.28. The van der Waals surface area contributed by atoms with E-state index < -0.39 is 0 Å². The molecule has 0 amide bonds. The SMILES string of the molecule is C=CCn1c(SCc2c(Cl)cccc2Cl)nnc1-c1ccc(OC2CCCC2)cc1. The lowest BCUT2D eigenvalue weighted by molar-refractivity contribution is 0.210. The van der Waals surface area contributed by atoms with Crippen LogP contribution < -0.4 is 4.74 Å². The maximum absolute atomic E-state index is 6.30. The highest BCUT2D eigenvalue weighted by molar-refractivity contribution is 7.98. The Kier molecular flexibility index (Phi) is 7.03. The Morgan fingerprint density at radius 2 is 1.77 bits per heavy atom. The van der Waals surface area contributed by atoms with Gasteiger partial charge in [-0.3, -0.25) is 4.57 Å². The molecule has 0 unspecified atom stereocenters. The maximum Gasteiger partial charge on any atom is 0.192 e. The molecular weight excluding hydrogens is 437 g/mol. The summed E-state index contributed by atoms with van der Waals surface area (Å²) in [4.78, 5) is 0. The van der Waals surface area contributed by atoms with Gasteiger partial charge in [-0.1, -0.05) is 47.1 Å². The zero-order valence-corrected chi connectivity index (χ0v) is 18.9. The molecule has 3 aromatic rings. The number of rotatable bonds is 8. The van der Waals surface area contributed by atoms with E-state index in [1.165, 1.54) is 12.8 Å². The Balaban J connectivity index is 1.52. The van der Waals surface area contributed by atoms with E-state index in [0.717, 1.165) is 40.7 Å². The average molecular weight is 460 g/mol. The van der Waals surface area contributed by atoms with Crippen LogP contribution in [0.15, 0.2) is 60.3 Å². The molecule has 1 aromatic heterocycles. The van der Waals surface area contributed by atoms with Crippen LogP contribution in [-0.4, -0.2) is 20.9 Å². The van der Waals surface area contributed by atoms with Crippen molar-refractivity contribution in [2.24, 2.45) is 0 Å². The summed E-state index contributed by atoms with van der Waals surface area (Å²) in [7, 11) is 0. The van der Waals surface area contributed by atoms with Gasteiger partial charge in [0.25, 0.3) is 0 Å². The smallest absolute Gasteiger partial charge is 0.192 e. The molecule has 1 fully saturated rings. The summed E-state index contributed by atoms with van der Waals surface area (Å²) >= 11 is 14.2. The number of halogens is 2. The van der Waals surface area contributed by atoms with Crippen molar-refractivity contribution in [2.75, 3.05) is 0 Å². The number of thioether (sulfide) groups is 1. The largest absolute Gasteiger partial charge is 0.490 e. The number of ether oxygens (including phenoxy) is 1. The molecule has 156 valence electrons. The first kappa shape index (κ1) is 21.3. The van der Waals surface area contributed by atoms with Gasteiger partial charge in [0.1, 0.15) is 5.75 Å². The van der Waals surface area contributed by atoms with E-state index >= 15 is 0 Å². The predicted molar refractivity (Wildman–Crippen MR) is 125 cm³/mol. The van der Waals surface area contributed by atoms with E-state index in [1.807, 2.05) is 48.5 Å². The van der Waals surface area contributed by atoms with E-state index in [9.17, 15) is 0 Å². The zero-order valence-electron chi connectivity index (χ0n) is 16.6. The van der Waals surface area contributed by atoms with Crippen LogP contribution in [0.2, 0.25) is 10.0 Å². The molecule has 4 nitrogen and oxygen atoms in total. The van der Waals surface area contributed by atoms with Crippen LogP contribution in [0.5, 0.6) is 5.75 Å². The molecule has 1 aliphatic rings. The van der Waals surface area contributed by atoms with Gasteiger partial charge in [-0.25, -0.2) is 0 Å². The molecule has 0 bridgehead atoms. The highest BCUT2D eigenvalue weighted by atomic mass is 35.5. The van der Waals surface area contributed by atoms with Crippen molar-refractivity contribution < 1.29 is 4.74 Å². The van der Waals surface area contributed by atoms with Crippen molar-refractivity contribution >= 4 is 35.0 Å². The molecule has 1 saturated carbocycles. The Morgan fingerprint density at radius 1 is 1.07 bits per heavy atom. The lowest BCUT2D eigenvalue weighted by atomic mass is 10.2. The molecule has 1 aliphatic carbocycles. The minimum Gasteiger partial charge on any atom is -0.490 e. The fourth-order valence-electron chi connectivity index (χ4n) is 3.59. The van der Waals surface area contributed by atoms with Gasteiger partial charge in [-0.15, -0.1) is 16.8 Å². The second-order valence-corrected chi connectivity index (χ2v) is 9.00. The van der Waals surface area contributed by atoms with Crippen LogP contribution >= 0.6 is 35.0 Å². The molecule has 1 heterocycles. The molecule has 0 radical (unpaired) electrons. The van der Waals surface area contributed by atoms with Gasteiger partial charge in [0.2, 0.25) is 0 Å². The number of hydrogen-bond acceptors (Lipinski definition) is 4. The molecule has 2 aromatic carbocycles. The van der Waals surface area contributed by atoms with Crippen LogP contribution in [0, 0.1) is 0 Å². The van der Waals surface area contributed by atoms with Crippen molar-refractivity contribution in [1.29, 1.82) is 0 Å². The standard InChI is InChI=1S/C23H23Cl2N3OS/c1-2-14-28-22(16-10-12-18(13-11-16)29-17-6-3-4-7-17)26-27-23(28)30-15-19-20(24)8-5-9-21(19)25/h2,5,8-13,17H,1,3-4,6-7,14-15H2. The van der Waals surface area contributed by atoms with Gasteiger partial charge >= 0.3 is 0 Å². The van der Waals surface area contributed by atoms with E-state index in [2.05, 4.69) is 21.3 Å². The molecule has 0 spiro atoms. The Labute approximate surface area is 191 Å². The zero-order chi connectivity index (χ0) is 20.9. The van der Waals surface area contributed by atoms with Crippen LogP contribution in [0.3, 0.4) is 0 Å². The third kappa shape index (κ3) is 4.85. The number of nitrogens with zero attached hydrogens (tertiary/aromatic N) is 3. The van der Waals surface area contributed by atoms with E-state index in [1.54, 1.807) is 11.8 Å². The van der Waals surface area contributed by atoms with Crippen molar-refractivity contribution in [3.8, 4) is 17.1 Å². The number of hydrogen-bond donors (Lipinski definition) is 0. The molecular formula is C23H23Cl2N3OS. The van der Waals surface area contributed by atoms with Gasteiger partial charge in [0.05, 0.1) is 6.10 Å². The summed E-state index contributed by atoms with van der Waals surface area (Å²) in [6, 6.07) is 13.6. The summed E-state index contributed by atoms with van der Waals surface area (Å²) < 4.78 is 8.12. The lowest BCUT2D eigenvalue weighted by Gasteiger charge is -2.13. The topological polar surface area (TPSA) is 39.9 Å². The van der Waals surface area contributed by atoms with Gasteiger partial charge in [-0.2, -0.15) is 0 Å². The Morgan fingerprint density at radius 3 is 2.43 bits per heavy atom. The van der Waals surface area contributed by atoms with Gasteiger partial charge < -0.3 is 4.74 Å². The third-order valence-corrected chi connectivity index (χ3v) is 6.85. The molecule has 7 heteroatoms. The second-order valence-electron chi connectivity index (χ2n) is 7.24. The Hall–Kier alpha value is -1.95. The monoisotopic (exact) mass is 459 g/mol. The third-order valence-electron chi connectivity index (χ3n) is 5.15. The van der Waals surface area contributed by atoms with Crippen molar-refractivity contribution in [1.82, 2.24) is 14.8 Å². The first-order valence-corrected chi connectivity index (χ1v) is 11.8. The number of benzene rings is 2. The molecule has 0 N–H and O–H groups in total. The normalized spacial score (nSPS) is 14.2. The predicted octanol–water partition coefficient (Wildman–Crippen LogP) is 7.05. The highest BCUT2D eigenvalue weighted by Gasteiger charge is 2.18. The molecule has 30 heavy (non-hydrogen) atoms. The van der Waals surface area contributed by atoms with Crippen molar-refractivity contribution in [2.45, 2.75) is 49.2 Å². The average Bonchev–Trinajstić information content (AvgIpc) is 3.39. The summed E-state index contributed by atoms with van der Waals surface area (Å²) in [5.74, 6) is 2.32. The van der Waals surface area contributed by atoms with Gasteiger partial charge in [0.15, 0.2) is 11.0 Å². The van der Waals surface area contributed by atoms with Gasteiger partial charge in [0, 0.05) is 27.9 Å². The Bertz CT molecular complexity index is 994. The first-order valence-electron chi connectivity index (χ1n) is 10.0. The molecule has 0 saturated heterocycles. The number of allylic oxidation sites excluding steroid dienone is 1. The minimum atomic E-state index is 0.347. The lowest BCUT2D eigenvalue weighted by Crippen LogP contribution is -2.10. The second kappa shape index (κ2) is 9.90. The maximum atomic E-state index is 6.30. The van der Waals surface area contributed by atoms with Crippen LogP contribution in [0.4, 0.5) is 0 Å². The van der Waals surface area contributed by atoms with Crippen LogP contribution in [-0.2, 0) is 12.3 Å². The summed E-state index contributed by atoms with van der Waals surface area (Å²) in [6.45, 7) is 4.49. The highest BCUT2D eigenvalue weighted by Crippen LogP contribution is 2.33. The van der Waals surface area contributed by atoms with Crippen LogP contribution in [0.1, 0.15) is 31.2 Å². The summed E-state index contributed by atoms with van der Waals surface area (Å²) in [5, 5.41) is 10.9. The van der Waals surface area contributed by atoms with Crippen LogP contribution in [0.25, 0.3) is 11.4 Å². The minimum absolute atomic E-state index is 0.347. The fraction of sp³-hybridized carbons (Fsp3) is 0.304. The quantitative estimate of drug-likeness (QED) is 0.267. The first-order chi connectivity index (χ1) is 14.7. The van der Waals surface area contributed by atoms with E-state index in [4.69, 9.17) is 27.9 Å². The summed E-state index contributed by atoms with van der Waals surface area (Å²) in [6.07, 6.45) is 6.99.